The first kappa shape index (κ1) is 22.5. The summed E-state index contributed by atoms with van der Waals surface area (Å²) in [6.45, 7) is 2.73. The third-order valence-corrected chi connectivity index (χ3v) is 5.36. The van der Waals surface area contributed by atoms with E-state index in [1.165, 1.54) is 42.5 Å². The van der Waals surface area contributed by atoms with Gasteiger partial charge in [0.05, 0.1) is 30.4 Å². The molecule has 0 unspecified atom stereocenters. The largest absolute Gasteiger partial charge is 0.454 e. The van der Waals surface area contributed by atoms with Crippen LogP contribution in [0.4, 0.5) is 30.8 Å². The molecule has 1 aliphatic heterocycles. The van der Waals surface area contributed by atoms with Crippen molar-refractivity contribution in [2.24, 2.45) is 0 Å². The maximum Gasteiger partial charge on any atom is 0.323 e. The van der Waals surface area contributed by atoms with Crippen molar-refractivity contribution in [1.29, 1.82) is 0 Å². The van der Waals surface area contributed by atoms with Crippen molar-refractivity contribution in [1.82, 2.24) is 9.97 Å². The Bertz CT molecular complexity index is 1360. The van der Waals surface area contributed by atoms with Gasteiger partial charge in [-0.1, -0.05) is 0 Å². The highest BCUT2D eigenvalue weighted by molar-refractivity contribution is 5.99. The molecule has 10 heteroatoms. The molecule has 0 spiro atoms. The fraction of sp³-hybridized carbons (Fsp3) is 0.160. The Kier molecular flexibility index (Phi) is 6.36. The molecule has 3 aromatic carbocycles. The Balaban J connectivity index is 1.31. The average molecular weight is 477 g/mol. The van der Waals surface area contributed by atoms with E-state index in [9.17, 15) is 13.6 Å². The standard InChI is InChI=1S/C25H21F2N5O3/c26-16-1-3-17(4-2-16)29-25(33)30-18-5-7-20(27)23(13-18)35-19-6-8-21-22(14-19)31-24(15-28-21)32-9-11-34-12-10-32/h1-8,13-15H,9-12H2,(H2,29,30,33). The Morgan fingerprint density at radius 2 is 1.66 bits per heavy atom. The van der Waals surface area contributed by atoms with E-state index in [-0.39, 0.29) is 5.75 Å². The van der Waals surface area contributed by atoms with Crippen molar-refractivity contribution < 1.29 is 23.0 Å². The van der Waals surface area contributed by atoms with Gasteiger partial charge in [0, 0.05) is 36.6 Å². The molecule has 1 aliphatic rings. The number of hydrogen-bond acceptors (Lipinski definition) is 6. The zero-order chi connectivity index (χ0) is 24.2. The van der Waals surface area contributed by atoms with Gasteiger partial charge in [-0.05, 0) is 48.5 Å². The van der Waals surface area contributed by atoms with Crippen LogP contribution in [0.15, 0.2) is 66.9 Å². The Hall–Kier alpha value is -4.31. The van der Waals surface area contributed by atoms with Crippen LogP contribution in [-0.2, 0) is 4.74 Å². The molecule has 35 heavy (non-hydrogen) atoms. The van der Waals surface area contributed by atoms with Crippen LogP contribution in [0.1, 0.15) is 0 Å². The van der Waals surface area contributed by atoms with Gasteiger partial charge in [0.2, 0.25) is 0 Å². The second kappa shape index (κ2) is 9.90. The third-order valence-electron chi connectivity index (χ3n) is 5.36. The third kappa shape index (κ3) is 5.44. The molecule has 1 saturated heterocycles. The highest BCUT2D eigenvalue weighted by Gasteiger charge is 2.14. The van der Waals surface area contributed by atoms with Crippen molar-refractivity contribution in [3.05, 3.63) is 78.5 Å². The van der Waals surface area contributed by atoms with Gasteiger partial charge in [-0.25, -0.2) is 18.6 Å². The zero-order valence-electron chi connectivity index (χ0n) is 18.5. The predicted molar refractivity (Wildman–Crippen MR) is 128 cm³/mol. The number of nitrogens with zero attached hydrogens (tertiary/aromatic N) is 3. The van der Waals surface area contributed by atoms with E-state index in [1.54, 1.807) is 24.4 Å². The smallest absolute Gasteiger partial charge is 0.323 e. The molecule has 2 amide bonds. The second-order valence-corrected chi connectivity index (χ2v) is 7.81. The number of fused-ring (bicyclic) bond motifs is 1. The minimum absolute atomic E-state index is 0.0683. The van der Waals surface area contributed by atoms with E-state index >= 15 is 0 Å². The number of amides is 2. The molecular weight excluding hydrogens is 456 g/mol. The van der Waals surface area contributed by atoms with Crippen LogP contribution in [0.5, 0.6) is 11.5 Å². The van der Waals surface area contributed by atoms with Gasteiger partial charge in [0.1, 0.15) is 17.4 Å². The SMILES string of the molecule is O=C(Nc1ccc(F)cc1)Nc1ccc(F)c(Oc2ccc3ncc(N4CCOCC4)nc3c2)c1. The van der Waals surface area contributed by atoms with E-state index < -0.39 is 17.7 Å². The fourth-order valence-electron chi connectivity index (χ4n) is 3.60. The summed E-state index contributed by atoms with van der Waals surface area (Å²) in [6.07, 6.45) is 1.72. The summed E-state index contributed by atoms with van der Waals surface area (Å²) < 4.78 is 38.6. The van der Waals surface area contributed by atoms with Gasteiger partial charge in [-0.15, -0.1) is 0 Å². The fourth-order valence-corrected chi connectivity index (χ4v) is 3.60. The van der Waals surface area contributed by atoms with E-state index in [0.29, 0.717) is 41.4 Å². The van der Waals surface area contributed by atoms with Crippen LogP contribution in [0, 0.1) is 11.6 Å². The van der Waals surface area contributed by atoms with Crippen molar-refractivity contribution in [3.8, 4) is 11.5 Å². The lowest BCUT2D eigenvalue weighted by molar-refractivity contribution is 0.122. The molecule has 1 aromatic heterocycles. The Morgan fingerprint density at radius 3 is 2.46 bits per heavy atom. The molecule has 2 N–H and O–H groups in total. The van der Waals surface area contributed by atoms with Gasteiger partial charge in [-0.3, -0.25) is 4.98 Å². The molecule has 0 atom stereocenters. The van der Waals surface area contributed by atoms with E-state index in [2.05, 4.69) is 25.5 Å². The maximum absolute atomic E-state index is 14.5. The minimum atomic E-state index is -0.595. The molecule has 0 radical (unpaired) electrons. The number of aromatic nitrogens is 2. The summed E-state index contributed by atoms with van der Waals surface area (Å²) >= 11 is 0. The van der Waals surface area contributed by atoms with Crippen LogP contribution < -0.4 is 20.3 Å². The van der Waals surface area contributed by atoms with Crippen LogP contribution >= 0.6 is 0 Å². The van der Waals surface area contributed by atoms with E-state index in [1.807, 2.05) is 0 Å². The van der Waals surface area contributed by atoms with Crippen molar-refractivity contribution in [3.63, 3.8) is 0 Å². The highest BCUT2D eigenvalue weighted by Crippen LogP contribution is 2.29. The molecule has 8 nitrogen and oxygen atoms in total. The molecule has 1 fully saturated rings. The summed E-state index contributed by atoms with van der Waals surface area (Å²) in [6, 6.07) is 13.9. The first-order valence-electron chi connectivity index (χ1n) is 10.9. The van der Waals surface area contributed by atoms with Gasteiger partial charge in [0.25, 0.3) is 0 Å². The first-order valence-corrected chi connectivity index (χ1v) is 10.9. The molecule has 5 rings (SSSR count). The van der Waals surface area contributed by atoms with Gasteiger partial charge in [0.15, 0.2) is 11.6 Å². The van der Waals surface area contributed by atoms with Crippen LogP contribution in [0.25, 0.3) is 11.0 Å². The Labute approximate surface area is 199 Å². The quantitative estimate of drug-likeness (QED) is 0.412. The summed E-state index contributed by atoms with van der Waals surface area (Å²) in [4.78, 5) is 23.5. The van der Waals surface area contributed by atoms with Gasteiger partial charge in [-0.2, -0.15) is 0 Å². The van der Waals surface area contributed by atoms with Crippen LogP contribution in [-0.4, -0.2) is 42.3 Å². The minimum Gasteiger partial charge on any atom is -0.454 e. The maximum atomic E-state index is 14.5. The van der Waals surface area contributed by atoms with Gasteiger partial charge < -0.3 is 25.0 Å². The monoisotopic (exact) mass is 477 g/mol. The lowest BCUT2D eigenvalue weighted by Gasteiger charge is -2.27. The summed E-state index contributed by atoms with van der Waals surface area (Å²) in [5.74, 6) is 0.0393. The predicted octanol–water partition coefficient (Wildman–Crippen LogP) is 5.18. The van der Waals surface area contributed by atoms with Crippen LogP contribution in [0.2, 0.25) is 0 Å². The topological polar surface area (TPSA) is 88.6 Å². The van der Waals surface area contributed by atoms with E-state index in [4.69, 9.17) is 9.47 Å². The van der Waals surface area contributed by atoms with Crippen molar-refractivity contribution >= 4 is 34.3 Å². The first-order chi connectivity index (χ1) is 17.0. The van der Waals surface area contributed by atoms with Crippen molar-refractivity contribution in [2.45, 2.75) is 0 Å². The zero-order valence-corrected chi connectivity index (χ0v) is 18.5. The lowest BCUT2D eigenvalue weighted by atomic mass is 10.2. The number of benzene rings is 3. The summed E-state index contributed by atoms with van der Waals surface area (Å²) in [7, 11) is 0. The number of rotatable bonds is 5. The number of carbonyl (C=O) groups excluding carboxylic acids is 1. The normalized spacial score (nSPS) is 13.5. The summed E-state index contributed by atoms with van der Waals surface area (Å²) in [5.41, 5.74) is 2.02. The van der Waals surface area contributed by atoms with Crippen molar-refractivity contribution in [2.75, 3.05) is 41.8 Å². The molecule has 0 saturated carbocycles. The number of morpholine rings is 1. The van der Waals surface area contributed by atoms with Gasteiger partial charge >= 0.3 is 6.03 Å². The lowest BCUT2D eigenvalue weighted by Crippen LogP contribution is -2.36. The average Bonchev–Trinajstić information content (AvgIpc) is 2.87. The van der Waals surface area contributed by atoms with Crippen LogP contribution in [0.3, 0.4) is 0 Å². The molecule has 4 aromatic rings. The number of ether oxygens (including phenoxy) is 2. The highest BCUT2D eigenvalue weighted by atomic mass is 19.1. The van der Waals surface area contributed by atoms with E-state index in [0.717, 1.165) is 18.9 Å². The number of carbonyl (C=O) groups is 1. The number of nitrogens with one attached hydrogen (secondary N) is 2. The molecule has 0 aliphatic carbocycles. The summed E-state index contributed by atoms with van der Waals surface area (Å²) in [5, 5.41) is 5.18. The number of halogens is 2. The molecule has 0 bridgehead atoms. The number of anilines is 3. The Morgan fingerprint density at radius 1 is 0.914 bits per heavy atom. The molecular formula is C25H21F2N5O3. The number of urea groups is 1. The number of hydrogen-bond donors (Lipinski definition) is 2. The molecule has 2 heterocycles. The molecule has 178 valence electrons. The second-order valence-electron chi connectivity index (χ2n) is 7.81.